The molecule has 7 nitrogen and oxygen atoms in total. The number of piperidine rings is 1. The fourth-order valence-electron chi connectivity index (χ4n) is 5.24. The fraction of sp³-hybridized carbons (Fsp3) is 0.593. The van der Waals surface area contributed by atoms with Gasteiger partial charge in [0.1, 0.15) is 0 Å². The van der Waals surface area contributed by atoms with Crippen molar-refractivity contribution in [1.82, 2.24) is 9.62 Å². The van der Waals surface area contributed by atoms with E-state index in [9.17, 15) is 18.0 Å². The van der Waals surface area contributed by atoms with Crippen molar-refractivity contribution >= 4 is 27.5 Å². The van der Waals surface area contributed by atoms with Crippen LogP contribution in [0.25, 0.3) is 0 Å². The largest absolute Gasteiger partial charge is 0.354 e. The molecule has 1 aromatic carbocycles. The van der Waals surface area contributed by atoms with Crippen molar-refractivity contribution in [2.24, 2.45) is 0 Å². The van der Waals surface area contributed by atoms with Crippen LogP contribution >= 0.6 is 0 Å². The van der Waals surface area contributed by atoms with Gasteiger partial charge in [-0.15, -0.1) is 0 Å². The minimum atomic E-state index is -3.68. The Labute approximate surface area is 212 Å². The van der Waals surface area contributed by atoms with E-state index in [2.05, 4.69) is 5.32 Å². The number of hydrogen-bond donors (Lipinski definition) is 1. The molecule has 0 bridgehead atoms. The van der Waals surface area contributed by atoms with Crippen LogP contribution in [0.2, 0.25) is 0 Å². The van der Waals surface area contributed by atoms with Crippen LogP contribution in [-0.2, 0) is 19.6 Å². The van der Waals surface area contributed by atoms with Crippen LogP contribution in [-0.4, -0.2) is 50.2 Å². The molecule has 35 heavy (non-hydrogen) atoms. The molecule has 0 spiro atoms. The van der Waals surface area contributed by atoms with Crippen molar-refractivity contribution < 1.29 is 18.0 Å². The van der Waals surface area contributed by atoms with Gasteiger partial charge in [0.2, 0.25) is 21.8 Å². The molecule has 2 amide bonds. The number of sulfonamides is 1. The minimum Gasteiger partial charge on any atom is -0.354 e. The predicted octanol–water partition coefficient (Wildman–Crippen LogP) is 4.45. The van der Waals surface area contributed by atoms with E-state index < -0.39 is 10.0 Å². The summed E-state index contributed by atoms with van der Waals surface area (Å²) in [6.07, 6.45) is 11.3. The third kappa shape index (κ3) is 7.06. The summed E-state index contributed by atoms with van der Waals surface area (Å²) in [5.74, 6) is 1.05. The Bertz CT molecular complexity index is 924. The van der Waals surface area contributed by atoms with Crippen molar-refractivity contribution in [3.63, 3.8) is 0 Å². The second-order valence-corrected chi connectivity index (χ2v) is 11.4. The van der Waals surface area contributed by atoms with E-state index in [0.29, 0.717) is 26.1 Å². The highest BCUT2D eigenvalue weighted by atomic mass is 32.2. The van der Waals surface area contributed by atoms with Gasteiger partial charge in [0, 0.05) is 37.8 Å². The summed E-state index contributed by atoms with van der Waals surface area (Å²) < 4.78 is 28.5. The van der Waals surface area contributed by atoms with Gasteiger partial charge in [0.05, 0.1) is 10.8 Å². The molecule has 193 valence electrons. The number of nitrogens with one attached hydrogen (secondary N) is 1. The Hall–Kier alpha value is -1.93. The third-order valence-electron chi connectivity index (χ3n) is 7.18. The Morgan fingerprint density at radius 3 is 2.14 bits per heavy atom. The zero-order valence-corrected chi connectivity index (χ0v) is 21.7. The minimum absolute atomic E-state index is 0. The summed E-state index contributed by atoms with van der Waals surface area (Å²) >= 11 is 0. The number of benzene rings is 1. The molecule has 1 aromatic rings. The molecule has 3 fully saturated rings. The normalized spacial score (nSPS) is 22.5. The summed E-state index contributed by atoms with van der Waals surface area (Å²) in [5, 5.41) is 3.05. The SMILES string of the molecule is O=C(NCC1CCCCN1S(=O)(=O)c1ccc(N2CCCC2=O)cc1)[C]1CCCCCCC1.[CH2].[CH2]. The zero-order valence-electron chi connectivity index (χ0n) is 20.8. The van der Waals surface area contributed by atoms with Crippen LogP contribution in [0.4, 0.5) is 5.69 Å². The highest BCUT2D eigenvalue weighted by Gasteiger charge is 2.34. The molecule has 1 aliphatic carbocycles. The summed E-state index contributed by atoms with van der Waals surface area (Å²) in [6.45, 7) is 1.49. The summed E-state index contributed by atoms with van der Waals surface area (Å²) in [4.78, 5) is 26.7. The number of nitrogens with zero attached hydrogens (tertiary/aromatic N) is 2. The molecule has 5 radical (unpaired) electrons. The third-order valence-corrected chi connectivity index (χ3v) is 9.14. The maximum atomic E-state index is 13.5. The van der Waals surface area contributed by atoms with Crippen LogP contribution in [0.3, 0.4) is 0 Å². The first-order chi connectivity index (χ1) is 16.0. The maximum absolute atomic E-state index is 13.5. The molecule has 2 heterocycles. The van der Waals surface area contributed by atoms with Gasteiger partial charge < -0.3 is 10.2 Å². The number of hydrogen-bond acceptors (Lipinski definition) is 4. The fourth-order valence-corrected chi connectivity index (χ4v) is 6.94. The quantitative estimate of drug-likeness (QED) is 0.623. The smallest absolute Gasteiger partial charge is 0.243 e. The second kappa shape index (κ2) is 13.4. The number of anilines is 1. The van der Waals surface area contributed by atoms with Crippen molar-refractivity contribution in [1.29, 1.82) is 0 Å². The Kier molecular flexibility index (Phi) is 11.2. The molecule has 1 unspecified atom stereocenters. The molecular weight excluding hydrogens is 462 g/mol. The van der Waals surface area contributed by atoms with E-state index in [4.69, 9.17) is 0 Å². The number of rotatable bonds is 6. The number of amides is 2. The number of carbonyl (C=O) groups excluding carboxylic acids is 2. The molecule has 2 aliphatic heterocycles. The maximum Gasteiger partial charge on any atom is 0.243 e. The zero-order chi connectivity index (χ0) is 23.3. The molecule has 4 rings (SSSR count). The molecule has 2 saturated heterocycles. The first-order valence-corrected chi connectivity index (χ1v) is 14.0. The molecule has 0 aromatic heterocycles. The summed E-state index contributed by atoms with van der Waals surface area (Å²) in [7, 11) is -3.68. The van der Waals surface area contributed by atoms with E-state index in [1.54, 1.807) is 33.5 Å². The van der Waals surface area contributed by atoms with Gasteiger partial charge in [-0.05, 0) is 56.4 Å². The standard InChI is InChI=1S/C25H36N3O4S.2CH2/c29-24-12-8-17-27(24)21-13-15-23(16-14-21)33(31,32)28-18-7-6-11-22(28)19-26-25(30)20-9-4-2-1-3-5-10-20;;/h13-16,22H,1-12,17-19H2,(H,26,30);2*1H2. The van der Waals surface area contributed by atoms with Gasteiger partial charge in [0.25, 0.3) is 0 Å². The number of carbonyl (C=O) groups is 2. The Balaban J connectivity index is 0.00000216. The van der Waals surface area contributed by atoms with Crippen LogP contribution in [0.15, 0.2) is 29.2 Å². The van der Waals surface area contributed by atoms with E-state index in [0.717, 1.165) is 63.0 Å². The monoisotopic (exact) mass is 502 g/mol. The van der Waals surface area contributed by atoms with Crippen LogP contribution in [0, 0.1) is 20.8 Å². The predicted molar refractivity (Wildman–Crippen MR) is 139 cm³/mol. The molecule has 1 atom stereocenters. The summed E-state index contributed by atoms with van der Waals surface area (Å²) in [6, 6.07) is 6.42. The highest BCUT2D eigenvalue weighted by molar-refractivity contribution is 7.89. The highest BCUT2D eigenvalue weighted by Crippen LogP contribution is 2.29. The average Bonchev–Trinajstić information content (AvgIpc) is 3.23. The van der Waals surface area contributed by atoms with Gasteiger partial charge in [-0.3, -0.25) is 9.59 Å². The molecule has 3 aliphatic rings. The first-order valence-electron chi connectivity index (χ1n) is 12.5. The lowest BCUT2D eigenvalue weighted by atomic mass is 9.90. The Morgan fingerprint density at radius 2 is 1.51 bits per heavy atom. The lowest BCUT2D eigenvalue weighted by Gasteiger charge is -2.35. The van der Waals surface area contributed by atoms with E-state index in [-0.39, 0.29) is 37.6 Å². The van der Waals surface area contributed by atoms with E-state index in [1.165, 1.54) is 19.3 Å². The Morgan fingerprint density at radius 1 is 0.857 bits per heavy atom. The lowest BCUT2D eigenvalue weighted by Crippen LogP contribution is -2.49. The van der Waals surface area contributed by atoms with Crippen molar-refractivity contribution in [2.75, 3.05) is 24.5 Å². The molecular formula is C27H40N3O4S. The van der Waals surface area contributed by atoms with E-state index in [1.807, 2.05) is 0 Å². The first kappa shape index (κ1) is 29.3. The van der Waals surface area contributed by atoms with E-state index >= 15 is 0 Å². The van der Waals surface area contributed by atoms with Gasteiger partial charge in [-0.2, -0.15) is 4.31 Å². The summed E-state index contributed by atoms with van der Waals surface area (Å²) in [5.41, 5.74) is 0.745. The van der Waals surface area contributed by atoms with Gasteiger partial charge >= 0.3 is 0 Å². The van der Waals surface area contributed by atoms with Gasteiger partial charge in [-0.1, -0.05) is 53.4 Å². The van der Waals surface area contributed by atoms with Crippen molar-refractivity contribution in [3.05, 3.63) is 45.0 Å². The van der Waals surface area contributed by atoms with Crippen molar-refractivity contribution in [2.45, 2.75) is 88.0 Å². The van der Waals surface area contributed by atoms with Crippen LogP contribution in [0.1, 0.15) is 77.0 Å². The lowest BCUT2D eigenvalue weighted by molar-refractivity contribution is -0.120. The van der Waals surface area contributed by atoms with Crippen LogP contribution < -0.4 is 10.2 Å². The second-order valence-electron chi connectivity index (χ2n) is 9.49. The molecule has 1 saturated carbocycles. The molecule has 8 heteroatoms. The van der Waals surface area contributed by atoms with Gasteiger partial charge in [0.15, 0.2) is 0 Å². The molecule has 1 N–H and O–H groups in total. The van der Waals surface area contributed by atoms with Crippen molar-refractivity contribution in [3.8, 4) is 0 Å². The topological polar surface area (TPSA) is 86.8 Å². The van der Waals surface area contributed by atoms with Crippen LogP contribution in [0.5, 0.6) is 0 Å². The average molecular weight is 503 g/mol. The van der Waals surface area contributed by atoms with Gasteiger partial charge in [-0.25, -0.2) is 8.42 Å².